The van der Waals surface area contributed by atoms with Crippen molar-refractivity contribution in [2.24, 2.45) is 0 Å². The molecule has 2 unspecified atom stereocenters. The van der Waals surface area contributed by atoms with Crippen LogP contribution in [0.4, 0.5) is 14.4 Å². The molecule has 0 spiro atoms. The molecule has 2 atom stereocenters. The maximum absolute atomic E-state index is 13.5. The number of thiazole rings is 3. The first-order valence-electron chi connectivity index (χ1n) is 16.2. The Balaban J connectivity index is 1.22. The molecule has 13 nitrogen and oxygen atoms in total. The summed E-state index contributed by atoms with van der Waals surface area (Å²) in [4.78, 5) is 55.3. The first-order valence-corrected chi connectivity index (χ1v) is 18.8. The van der Waals surface area contributed by atoms with E-state index in [0.29, 0.717) is 25.9 Å². The van der Waals surface area contributed by atoms with Gasteiger partial charge in [-0.05, 0) is 24.0 Å². The third kappa shape index (κ3) is 13.7. The third-order valence-corrected chi connectivity index (χ3v) is 9.68. The van der Waals surface area contributed by atoms with Gasteiger partial charge in [0.1, 0.15) is 19.8 Å². The van der Waals surface area contributed by atoms with Crippen LogP contribution in [0.2, 0.25) is 0 Å². The number of carbonyl (C=O) groups excluding carboxylic acids is 3. The topological polar surface area (TPSA) is 157 Å². The number of nitrogens with zero attached hydrogens (tertiary/aromatic N) is 4. The van der Waals surface area contributed by atoms with Crippen LogP contribution in [0.5, 0.6) is 0 Å². The molecule has 0 bridgehead atoms. The average Bonchev–Trinajstić information content (AvgIpc) is 3.96. The molecule has 51 heavy (non-hydrogen) atoms. The van der Waals surface area contributed by atoms with Crippen LogP contribution in [0, 0.1) is 0 Å². The molecular formula is C35H39N7O6S3. The molecule has 0 aliphatic carbocycles. The van der Waals surface area contributed by atoms with Crippen LogP contribution in [0.25, 0.3) is 0 Å². The Kier molecular flexibility index (Phi) is 15.2. The SMILES string of the molecule is O=C(NC(CNCCN(CC(Cc1ccccc1)NC(=O)OCc1cncs1)C(=O)OCc1cncs1)Cc1ccccc1)OCc1cncs1. The van der Waals surface area contributed by atoms with E-state index in [2.05, 4.69) is 30.9 Å². The van der Waals surface area contributed by atoms with Gasteiger partial charge in [-0.25, -0.2) is 14.4 Å². The number of benzene rings is 2. The van der Waals surface area contributed by atoms with Gasteiger partial charge < -0.3 is 35.1 Å². The molecule has 3 heterocycles. The highest BCUT2D eigenvalue weighted by Crippen LogP contribution is 2.12. The zero-order chi connectivity index (χ0) is 35.5. The zero-order valence-electron chi connectivity index (χ0n) is 27.7. The van der Waals surface area contributed by atoms with Gasteiger partial charge in [-0.1, -0.05) is 60.7 Å². The number of alkyl carbamates (subject to hydrolysis) is 2. The molecule has 0 aliphatic heterocycles. The minimum absolute atomic E-state index is 0.0772. The van der Waals surface area contributed by atoms with Crippen molar-refractivity contribution in [1.29, 1.82) is 0 Å². The summed E-state index contributed by atoms with van der Waals surface area (Å²) >= 11 is 4.20. The van der Waals surface area contributed by atoms with E-state index in [0.717, 1.165) is 25.8 Å². The Bertz CT molecular complexity index is 1710. The molecule has 5 aromatic rings. The van der Waals surface area contributed by atoms with Gasteiger partial charge in [0.15, 0.2) is 0 Å². The Morgan fingerprint density at radius 2 is 1.12 bits per heavy atom. The van der Waals surface area contributed by atoms with E-state index in [-0.39, 0.29) is 39.0 Å². The molecule has 5 rings (SSSR count). The van der Waals surface area contributed by atoms with Gasteiger partial charge in [0, 0.05) is 50.8 Å². The summed E-state index contributed by atoms with van der Waals surface area (Å²) in [6.07, 6.45) is 4.33. The lowest BCUT2D eigenvalue weighted by Crippen LogP contribution is -2.50. The smallest absolute Gasteiger partial charge is 0.410 e. The molecule has 0 aliphatic rings. The molecule has 3 amide bonds. The van der Waals surface area contributed by atoms with Crippen molar-refractivity contribution < 1.29 is 28.6 Å². The molecular weight excluding hydrogens is 711 g/mol. The van der Waals surface area contributed by atoms with Crippen molar-refractivity contribution in [3.05, 3.63) is 122 Å². The predicted octanol–water partition coefficient (Wildman–Crippen LogP) is 5.66. The number of aromatic nitrogens is 3. The van der Waals surface area contributed by atoms with Crippen molar-refractivity contribution in [3.63, 3.8) is 0 Å². The van der Waals surface area contributed by atoms with Crippen molar-refractivity contribution in [3.8, 4) is 0 Å². The summed E-state index contributed by atoms with van der Waals surface area (Å²) < 4.78 is 16.6. The second-order valence-electron chi connectivity index (χ2n) is 11.3. The number of ether oxygens (including phenoxy) is 3. The van der Waals surface area contributed by atoms with E-state index in [1.54, 1.807) is 40.0 Å². The number of hydrogen-bond donors (Lipinski definition) is 3. The van der Waals surface area contributed by atoms with Crippen LogP contribution in [0.1, 0.15) is 25.8 Å². The van der Waals surface area contributed by atoms with Crippen LogP contribution < -0.4 is 16.0 Å². The summed E-state index contributed by atoms with van der Waals surface area (Å²) in [6, 6.07) is 18.8. The zero-order valence-corrected chi connectivity index (χ0v) is 30.2. The molecule has 16 heteroatoms. The number of hydrogen-bond acceptors (Lipinski definition) is 13. The molecule has 0 saturated heterocycles. The lowest BCUT2D eigenvalue weighted by molar-refractivity contribution is 0.0909. The van der Waals surface area contributed by atoms with Gasteiger partial charge in [0.25, 0.3) is 0 Å². The highest BCUT2D eigenvalue weighted by molar-refractivity contribution is 7.10. The maximum atomic E-state index is 13.5. The largest absolute Gasteiger partial charge is 0.444 e. The molecule has 3 aromatic heterocycles. The maximum Gasteiger partial charge on any atom is 0.410 e. The van der Waals surface area contributed by atoms with Gasteiger partial charge in [-0.2, -0.15) is 0 Å². The molecule has 0 radical (unpaired) electrons. The summed E-state index contributed by atoms with van der Waals surface area (Å²) in [7, 11) is 0. The molecule has 0 fully saturated rings. The van der Waals surface area contributed by atoms with Crippen LogP contribution in [-0.4, -0.2) is 76.4 Å². The molecule has 2 aromatic carbocycles. The third-order valence-electron chi connectivity index (χ3n) is 7.42. The number of rotatable bonds is 19. The number of amides is 3. The Labute approximate surface area is 308 Å². The summed E-state index contributed by atoms with van der Waals surface area (Å²) in [5.74, 6) is 0. The molecule has 0 saturated carbocycles. The first-order chi connectivity index (χ1) is 25.0. The lowest BCUT2D eigenvalue weighted by Gasteiger charge is -2.28. The summed E-state index contributed by atoms with van der Waals surface area (Å²) in [5, 5.41) is 9.29. The molecule has 268 valence electrons. The highest BCUT2D eigenvalue weighted by atomic mass is 32.1. The Morgan fingerprint density at radius 1 is 0.647 bits per heavy atom. The van der Waals surface area contributed by atoms with E-state index in [1.165, 1.54) is 34.0 Å². The van der Waals surface area contributed by atoms with Crippen LogP contribution >= 0.6 is 34.0 Å². The van der Waals surface area contributed by atoms with Crippen LogP contribution in [0.3, 0.4) is 0 Å². The van der Waals surface area contributed by atoms with Crippen molar-refractivity contribution in [2.45, 2.75) is 44.7 Å². The number of carbonyl (C=O) groups is 3. The fourth-order valence-corrected chi connectivity index (χ4v) is 6.52. The second-order valence-corrected chi connectivity index (χ2v) is 14.2. The normalized spacial score (nSPS) is 12.0. The van der Waals surface area contributed by atoms with E-state index in [1.807, 2.05) is 60.7 Å². The van der Waals surface area contributed by atoms with E-state index >= 15 is 0 Å². The van der Waals surface area contributed by atoms with Crippen LogP contribution in [0.15, 0.2) is 95.8 Å². The summed E-state index contributed by atoms with van der Waals surface area (Å²) in [5.41, 5.74) is 7.08. The van der Waals surface area contributed by atoms with E-state index in [9.17, 15) is 14.4 Å². The van der Waals surface area contributed by atoms with Crippen molar-refractivity contribution >= 4 is 52.3 Å². The minimum atomic E-state index is -0.600. The van der Waals surface area contributed by atoms with Gasteiger partial charge in [0.2, 0.25) is 0 Å². The predicted molar refractivity (Wildman–Crippen MR) is 195 cm³/mol. The average molecular weight is 750 g/mol. The fraction of sp³-hybridized carbons (Fsp3) is 0.314. The standard InChI is InChI=1S/C35H39N7O6S3/c43-33(46-20-30-16-37-23-49-30)40-28(13-26-7-3-1-4-8-26)15-36-11-12-42(35(45)48-22-32-18-39-25-51-32)19-29(14-27-9-5-2-6-10-27)41-34(44)47-21-31-17-38-24-50-31/h1-10,16-18,23-25,28-29,36H,11-15,19-22H2,(H,40,43)(H,41,44). The fourth-order valence-electron chi connectivity index (χ4n) is 5.00. The number of nitrogens with one attached hydrogen (secondary N) is 3. The first kappa shape index (κ1) is 37.4. The Hall–Kier alpha value is -4.90. The van der Waals surface area contributed by atoms with Gasteiger partial charge >= 0.3 is 18.3 Å². The van der Waals surface area contributed by atoms with Crippen LogP contribution in [-0.2, 0) is 46.9 Å². The van der Waals surface area contributed by atoms with Gasteiger partial charge in [-0.15, -0.1) is 34.0 Å². The minimum Gasteiger partial charge on any atom is -0.444 e. The van der Waals surface area contributed by atoms with Crippen molar-refractivity contribution in [1.82, 2.24) is 35.8 Å². The second kappa shape index (κ2) is 20.7. The van der Waals surface area contributed by atoms with Crippen molar-refractivity contribution in [2.75, 3.05) is 26.2 Å². The quantitative estimate of drug-likeness (QED) is 0.0711. The highest BCUT2D eigenvalue weighted by Gasteiger charge is 2.23. The molecule has 3 N–H and O–H groups in total. The summed E-state index contributed by atoms with van der Waals surface area (Å²) in [6.45, 7) is 1.51. The van der Waals surface area contributed by atoms with Gasteiger partial charge in [0.05, 0.1) is 37.2 Å². The van der Waals surface area contributed by atoms with Gasteiger partial charge in [-0.3, -0.25) is 15.0 Å². The Morgan fingerprint density at radius 3 is 1.61 bits per heavy atom. The monoisotopic (exact) mass is 749 g/mol. The van der Waals surface area contributed by atoms with E-state index < -0.39 is 24.3 Å². The van der Waals surface area contributed by atoms with E-state index in [4.69, 9.17) is 14.2 Å². The lowest BCUT2D eigenvalue weighted by atomic mass is 10.1.